The topological polar surface area (TPSA) is 69.5 Å². The predicted octanol–water partition coefficient (Wildman–Crippen LogP) is 4.00. The maximum absolute atomic E-state index is 12.7. The van der Waals surface area contributed by atoms with E-state index >= 15 is 0 Å². The van der Waals surface area contributed by atoms with Crippen molar-refractivity contribution in [2.24, 2.45) is 4.99 Å². The monoisotopic (exact) mass is 412 g/mol. The third-order valence-corrected chi connectivity index (χ3v) is 5.46. The Morgan fingerprint density at radius 3 is 2.75 bits per heavy atom. The minimum Gasteiger partial charge on any atom is -0.508 e. The van der Waals surface area contributed by atoms with Gasteiger partial charge in [-0.2, -0.15) is 13.2 Å². The Morgan fingerprint density at radius 1 is 1.25 bits per heavy atom. The first-order valence-electron chi connectivity index (χ1n) is 9.25. The molecule has 3 N–H and O–H groups in total. The average Bonchev–Trinajstić information content (AvgIpc) is 3.14. The Labute approximate surface area is 165 Å². The minimum atomic E-state index is -4.43. The zero-order valence-corrected chi connectivity index (χ0v) is 16.4. The summed E-state index contributed by atoms with van der Waals surface area (Å²) in [5.41, 5.74) is 2.37. The maximum atomic E-state index is 12.7. The van der Waals surface area contributed by atoms with Gasteiger partial charge in [-0.05, 0) is 49.8 Å². The van der Waals surface area contributed by atoms with Gasteiger partial charge < -0.3 is 15.7 Å². The molecule has 152 valence electrons. The van der Waals surface area contributed by atoms with Crippen molar-refractivity contribution in [3.05, 3.63) is 44.9 Å². The molecular formula is C19H23F3N4OS. The number of aryl methyl sites for hydroxylation is 1. The summed E-state index contributed by atoms with van der Waals surface area (Å²) in [5, 5.41) is 17.7. The van der Waals surface area contributed by atoms with Crippen molar-refractivity contribution < 1.29 is 18.3 Å². The highest BCUT2D eigenvalue weighted by molar-refractivity contribution is 7.09. The number of hydrogen-bond acceptors (Lipinski definition) is 4. The van der Waals surface area contributed by atoms with E-state index in [-0.39, 0.29) is 12.3 Å². The van der Waals surface area contributed by atoms with E-state index in [1.165, 1.54) is 11.1 Å². The van der Waals surface area contributed by atoms with Gasteiger partial charge in [0.2, 0.25) is 0 Å². The fraction of sp³-hybridized carbons (Fsp3) is 0.474. The molecule has 3 rings (SSSR count). The molecule has 0 spiro atoms. The molecule has 1 aromatic heterocycles. The highest BCUT2D eigenvalue weighted by Crippen LogP contribution is 2.31. The summed E-state index contributed by atoms with van der Waals surface area (Å²) >= 11 is 0.956. The standard InChI is InChI=1S/C19H23F3N4OS/c1-2-23-18(25-10-17-26-16(11-28-17)19(20,21)22)24-9-14-13-6-4-3-5-12(13)7-8-15(14)27/h7-8,11,27H,2-6,9-10H2,1H3,(H2,23,24,25). The second kappa shape index (κ2) is 8.81. The smallest absolute Gasteiger partial charge is 0.434 e. The molecule has 28 heavy (non-hydrogen) atoms. The Kier molecular flexibility index (Phi) is 6.43. The van der Waals surface area contributed by atoms with Gasteiger partial charge in [-0.25, -0.2) is 9.98 Å². The zero-order valence-electron chi connectivity index (χ0n) is 15.6. The van der Waals surface area contributed by atoms with E-state index in [0.717, 1.165) is 48.0 Å². The number of aromatic hydroxyl groups is 1. The van der Waals surface area contributed by atoms with Crippen LogP contribution in [0.3, 0.4) is 0 Å². The lowest BCUT2D eigenvalue weighted by atomic mass is 9.88. The average molecular weight is 412 g/mol. The molecule has 0 atom stereocenters. The van der Waals surface area contributed by atoms with Gasteiger partial charge in [0.15, 0.2) is 11.7 Å². The van der Waals surface area contributed by atoms with E-state index in [0.29, 0.717) is 24.1 Å². The van der Waals surface area contributed by atoms with Gasteiger partial charge in [-0.1, -0.05) is 6.07 Å². The van der Waals surface area contributed by atoms with E-state index < -0.39 is 11.9 Å². The molecule has 0 saturated carbocycles. The normalized spacial score (nSPS) is 14.6. The van der Waals surface area contributed by atoms with E-state index in [4.69, 9.17) is 0 Å². The van der Waals surface area contributed by atoms with Gasteiger partial charge in [0.25, 0.3) is 0 Å². The van der Waals surface area contributed by atoms with Gasteiger partial charge in [-0.3, -0.25) is 0 Å². The summed E-state index contributed by atoms with van der Waals surface area (Å²) in [6.45, 7) is 2.96. The Balaban J connectivity index is 1.71. The third-order valence-electron chi connectivity index (χ3n) is 4.62. The molecule has 0 unspecified atom stereocenters. The molecule has 5 nitrogen and oxygen atoms in total. The number of fused-ring (bicyclic) bond motifs is 1. The summed E-state index contributed by atoms with van der Waals surface area (Å²) < 4.78 is 38.0. The highest BCUT2D eigenvalue weighted by Gasteiger charge is 2.33. The van der Waals surface area contributed by atoms with Crippen molar-refractivity contribution in [3.8, 4) is 5.75 Å². The Hall–Kier alpha value is -2.29. The lowest BCUT2D eigenvalue weighted by molar-refractivity contribution is -0.140. The van der Waals surface area contributed by atoms with Gasteiger partial charge in [0.1, 0.15) is 10.8 Å². The van der Waals surface area contributed by atoms with Crippen LogP contribution in [0, 0.1) is 0 Å². The second-order valence-electron chi connectivity index (χ2n) is 6.58. The number of guanidine groups is 1. The zero-order chi connectivity index (χ0) is 20.1. The van der Waals surface area contributed by atoms with Crippen molar-refractivity contribution in [1.29, 1.82) is 0 Å². The number of aliphatic imine (C=N–C) groups is 1. The van der Waals surface area contributed by atoms with E-state index in [1.54, 1.807) is 6.07 Å². The number of rotatable bonds is 5. The number of alkyl halides is 3. The number of hydrogen-bond donors (Lipinski definition) is 3. The maximum Gasteiger partial charge on any atom is 0.434 e. The van der Waals surface area contributed by atoms with E-state index in [9.17, 15) is 18.3 Å². The molecule has 0 radical (unpaired) electrons. The molecule has 0 bridgehead atoms. The number of phenolic OH excluding ortho intramolecular Hbond substituents is 1. The van der Waals surface area contributed by atoms with Crippen molar-refractivity contribution in [1.82, 2.24) is 15.6 Å². The lowest BCUT2D eigenvalue weighted by Gasteiger charge is -2.20. The molecule has 0 saturated heterocycles. The summed E-state index contributed by atoms with van der Waals surface area (Å²) in [4.78, 5) is 8.12. The molecule has 0 aliphatic heterocycles. The molecule has 1 aromatic carbocycles. The van der Waals surface area contributed by atoms with E-state index in [1.807, 2.05) is 13.0 Å². The summed E-state index contributed by atoms with van der Waals surface area (Å²) in [6, 6.07) is 3.69. The van der Waals surface area contributed by atoms with Crippen LogP contribution in [0.2, 0.25) is 0 Å². The lowest BCUT2D eigenvalue weighted by Crippen LogP contribution is -2.36. The molecule has 0 fully saturated rings. The van der Waals surface area contributed by atoms with Crippen LogP contribution in [-0.4, -0.2) is 22.6 Å². The molecule has 1 aliphatic carbocycles. The number of halogens is 3. The van der Waals surface area contributed by atoms with Crippen LogP contribution in [0.5, 0.6) is 5.75 Å². The van der Waals surface area contributed by atoms with Crippen LogP contribution >= 0.6 is 11.3 Å². The summed E-state index contributed by atoms with van der Waals surface area (Å²) in [7, 11) is 0. The SMILES string of the molecule is CCNC(=NCc1c(O)ccc2c1CCCC2)NCc1nc(C(F)(F)F)cs1. The highest BCUT2D eigenvalue weighted by atomic mass is 32.1. The number of benzene rings is 1. The van der Waals surface area contributed by atoms with Crippen LogP contribution in [0.15, 0.2) is 22.5 Å². The van der Waals surface area contributed by atoms with Gasteiger partial charge >= 0.3 is 6.18 Å². The molecule has 1 aliphatic rings. The van der Waals surface area contributed by atoms with Crippen LogP contribution < -0.4 is 10.6 Å². The number of thiazole rings is 1. The molecular weight excluding hydrogens is 389 g/mol. The van der Waals surface area contributed by atoms with Crippen LogP contribution in [0.1, 0.15) is 47.2 Å². The van der Waals surface area contributed by atoms with Gasteiger partial charge in [-0.15, -0.1) is 11.3 Å². The van der Waals surface area contributed by atoms with E-state index in [2.05, 4.69) is 20.6 Å². The first-order valence-corrected chi connectivity index (χ1v) is 10.1. The minimum absolute atomic E-state index is 0.144. The quantitative estimate of drug-likeness (QED) is 0.513. The second-order valence-corrected chi connectivity index (χ2v) is 7.52. The Bertz CT molecular complexity index is 848. The molecule has 9 heteroatoms. The van der Waals surface area contributed by atoms with Gasteiger partial charge in [0, 0.05) is 17.5 Å². The fourth-order valence-electron chi connectivity index (χ4n) is 3.25. The van der Waals surface area contributed by atoms with Crippen molar-refractivity contribution in [2.45, 2.75) is 51.9 Å². The molecule has 0 amide bonds. The van der Waals surface area contributed by atoms with Crippen LogP contribution in [0.25, 0.3) is 0 Å². The Morgan fingerprint density at radius 2 is 2.04 bits per heavy atom. The largest absolute Gasteiger partial charge is 0.508 e. The van der Waals surface area contributed by atoms with Crippen molar-refractivity contribution >= 4 is 17.3 Å². The molecule has 2 aromatic rings. The van der Waals surface area contributed by atoms with Crippen molar-refractivity contribution in [2.75, 3.05) is 6.54 Å². The number of aromatic nitrogens is 1. The van der Waals surface area contributed by atoms with Crippen LogP contribution in [0.4, 0.5) is 13.2 Å². The number of nitrogens with one attached hydrogen (secondary N) is 2. The third kappa shape index (κ3) is 4.95. The summed E-state index contributed by atoms with van der Waals surface area (Å²) in [5.74, 6) is 0.703. The molecule has 1 heterocycles. The number of phenols is 1. The summed E-state index contributed by atoms with van der Waals surface area (Å²) in [6.07, 6.45) is -0.249. The first kappa shape index (κ1) is 20.4. The number of nitrogens with zero attached hydrogens (tertiary/aromatic N) is 2. The predicted molar refractivity (Wildman–Crippen MR) is 104 cm³/mol. The fourth-order valence-corrected chi connectivity index (χ4v) is 3.99. The van der Waals surface area contributed by atoms with Crippen molar-refractivity contribution in [3.63, 3.8) is 0 Å². The van der Waals surface area contributed by atoms with Crippen LogP contribution in [-0.2, 0) is 32.1 Å². The van der Waals surface area contributed by atoms with Gasteiger partial charge in [0.05, 0.1) is 13.1 Å². The first-order chi connectivity index (χ1) is 13.4.